The first-order valence-corrected chi connectivity index (χ1v) is 11.4. The van der Waals surface area contributed by atoms with Crippen LogP contribution in [0.2, 0.25) is 0 Å². The summed E-state index contributed by atoms with van der Waals surface area (Å²) in [7, 11) is 0. The molecule has 0 aromatic heterocycles. The van der Waals surface area contributed by atoms with Gasteiger partial charge in [-0.05, 0) is 50.2 Å². The van der Waals surface area contributed by atoms with Crippen LogP contribution in [0.3, 0.4) is 0 Å². The van der Waals surface area contributed by atoms with Crippen molar-refractivity contribution in [1.29, 1.82) is 0 Å². The van der Waals surface area contributed by atoms with Crippen LogP contribution in [-0.4, -0.2) is 19.3 Å². The highest BCUT2D eigenvalue weighted by molar-refractivity contribution is 5.33. The fourth-order valence-corrected chi connectivity index (χ4v) is 3.41. The Hall–Kier alpha value is -1.28. The van der Waals surface area contributed by atoms with Crippen molar-refractivity contribution in [3.63, 3.8) is 0 Å². The van der Waals surface area contributed by atoms with E-state index in [9.17, 15) is 0 Å². The molecule has 152 valence electrons. The zero-order valence-corrected chi connectivity index (χ0v) is 17.5. The Morgan fingerprint density at radius 3 is 2.22 bits per heavy atom. The Balaban J connectivity index is 1.42. The number of ether oxygens (including phenoxy) is 2. The molecule has 1 fully saturated rings. The molecule has 27 heavy (non-hydrogen) atoms. The Morgan fingerprint density at radius 1 is 0.889 bits per heavy atom. The molecule has 0 spiro atoms. The Labute approximate surface area is 167 Å². The van der Waals surface area contributed by atoms with E-state index in [0.717, 1.165) is 18.8 Å². The molecule has 1 heterocycles. The molecule has 1 aliphatic rings. The first-order valence-electron chi connectivity index (χ1n) is 11.4. The molecule has 1 aromatic rings. The van der Waals surface area contributed by atoms with Crippen LogP contribution in [0.4, 0.5) is 0 Å². The van der Waals surface area contributed by atoms with Gasteiger partial charge in [-0.15, -0.1) is 0 Å². The van der Waals surface area contributed by atoms with E-state index in [4.69, 9.17) is 9.47 Å². The molecular weight excluding hydrogens is 332 g/mol. The van der Waals surface area contributed by atoms with Gasteiger partial charge in [-0.25, -0.2) is 0 Å². The number of hydrogen-bond acceptors (Lipinski definition) is 2. The fourth-order valence-electron chi connectivity index (χ4n) is 3.41. The molecule has 1 unspecified atom stereocenters. The number of allylic oxidation sites excluding steroid dienone is 2. The van der Waals surface area contributed by atoms with Gasteiger partial charge in [-0.2, -0.15) is 0 Å². The van der Waals surface area contributed by atoms with Crippen molar-refractivity contribution >= 4 is 0 Å². The quantitative estimate of drug-likeness (QED) is 0.163. The van der Waals surface area contributed by atoms with Gasteiger partial charge in [0.25, 0.3) is 0 Å². The second-order valence-corrected chi connectivity index (χ2v) is 7.85. The van der Waals surface area contributed by atoms with Gasteiger partial charge in [0, 0.05) is 0 Å². The average molecular weight is 373 g/mol. The third-order valence-corrected chi connectivity index (χ3v) is 5.26. The summed E-state index contributed by atoms with van der Waals surface area (Å²) in [5, 5.41) is 0. The largest absolute Gasteiger partial charge is 0.491 e. The maximum atomic E-state index is 5.90. The van der Waals surface area contributed by atoms with Gasteiger partial charge in [0.15, 0.2) is 0 Å². The van der Waals surface area contributed by atoms with Gasteiger partial charge >= 0.3 is 0 Å². The number of hydrogen-bond donors (Lipinski definition) is 0. The molecule has 2 nitrogen and oxygen atoms in total. The fraction of sp³-hybridized carbons (Fsp3) is 0.680. The Morgan fingerprint density at radius 2 is 1.52 bits per heavy atom. The van der Waals surface area contributed by atoms with Crippen LogP contribution in [0, 0.1) is 0 Å². The van der Waals surface area contributed by atoms with Gasteiger partial charge in [0.05, 0.1) is 6.61 Å². The lowest BCUT2D eigenvalue weighted by Crippen LogP contribution is -2.05. The molecular formula is C25H40O2. The van der Waals surface area contributed by atoms with Crippen LogP contribution in [-0.2, 0) is 11.2 Å². The summed E-state index contributed by atoms with van der Waals surface area (Å²) < 4.78 is 11.1. The van der Waals surface area contributed by atoms with Crippen LogP contribution < -0.4 is 4.74 Å². The lowest BCUT2D eigenvalue weighted by Gasteiger charge is -2.10. The van der Waals surface area contributed by atoms with E-state index in [1.54, 1.807) is 0 Å². The summed E-state index contributed by atoms with van der Waals surface area (Å²) in [6, 6.07) is 8.48. The topological polar surface area (TPSA) is 21.8 Å². The van der Waals surface area contributed by atoms with Crippen molar-refractivity contribution in [2.45, 2.75) is 96.5 Å². The molecule has 0 bridgehead atoms. The standard InChI is InChI=1S/C25H40O2/c1-2-3-4-5-6-7-8-9-10-11-12-13-14-15-18-23-19-16-17-20-25(23)27-22-24-21-26-24/h7-8,16-17,19-20,24H,2-6,9-15,18,21-22H2,1H3/b8-7+. The Bertz CT molecular complexity index is 505. The predicted molar refractivity (Wildman–Crippen MR) is 116 cm³/mol. The smallest absolute Gasteiger partial charge is 0.122 e. The van der Waals surface area contributed by atoms with Crippen molar-refractivity contribution in [2.75, 3.05) is 13.2 Å². The van der Waals surface area contributed by atoms with Crippen molar-refractivity contribution in [3.8, 4) is 5.75 Å². The van der Waals surface area contributed by atoms with Gasteiger partial charge in [-0.1, -0.05) is 82.2 Å². The van der Waals surface area contributed by atoms with Crippen LogP contribution in [0.5, 0.6) is 5.75 Å². The summed E-state index contributed by atoms with van der Waals surface area (Å²) in [4.78, 5) is 0. The van der Waals surface area contributed by atoms with Crippen molar-refractivity contribution in [1.82, 2.24) is 0 Å². The monoisotopic (exact) mass is 372 g/mol. The zero-order valence-electron chi connectivity index (χ0n) is 17.5. The lowest BCUT2D eigenvalue weighted by molar-refractivity contribution is 0.261. The number of benzene rings is 1. The van der Waals surface area contributed by atoms with Gasteiger partial charge in [0.1, 0.15) is 18.5 Å². The van der Waals surface area contributed by atoms with Crippen molar-refractivity contribution in [3.05, 3.63) is 42.0 Å². The van der Waals surface area contributed by atoms with E-state index < -0.39 is 0 Å². The van der Waals surface area contributed by atoms with Gasteiger partial charge in [-0.3, -0.25) is 0 Å². The second kappa shape index (κ2) is 14.7. The molecule has 2 heteroatoms. The molecule has 0 radical (unpaired) electrons. The number of epoxide rings is 1. The van der Waals surface area contributed by atoms with E-state index in [-0.39, 0.29) is 0 Å². The van der Waals surface area contributed by atoms with E-state index >= 15 is 0 Å². The molecule has 0 N–H and O–H groups in total. The summed E-state index contributed by atoms with van der Waals surface area (Å²) in [6.07, 6.45) is 22.3. The molecule has 0 amide bonds. The predicted octanol–water partition coefficient (Wildman–Crippen LogP) is 7.26. The maximum Gasteiger partial charge on any atom is 0.122 e. The molecule has 1 saturated heterocycles. The maximum absolute atomic E-state index is 5.90. The minimum atomic E-state index is 0.328. The lowest BCUT2D eigenvalue weighted by atomic mass is 10.0. The minimum absolute atomic E-state index is 0.328. The molecule has 1 aromatic carbocycles. The normalized spacial score (nSPS) is 16.1. The summed E-state index contributed by atoms with van der Waals surface area (Å²) in [5.74, 6) is 1.05. The third kappa shape index (κ3) is 11.2. The number of aryl methyl sites for hydroxylation is 1. The number of unbranched alkanes of at least 4 members (excludes halogenated alkanes) is 10. The molecule has 1 aliphatic heterocycles. The molecule has 2 rings (SSSR count). The second-order valence-electron chi connectivity index (χ2n) is 7.85. The zero-order chi connectivity index (χ0) is 19.0. The Kier molecular flexibility index (Phi) is 12.0. The highest BCUT2D eigenvalue weighted by Gasteiger charge is 2.23. The highest BCUT2D eigenvalue weighted by Crippen LogP contribution is 2.22. The van der Waals surface area contributed by atoms with E-state index in [1.165, 1.54) is 82.6 Å². The van der Waals surface area contributed by atoms with E-state index in [2.05, 4.69) is 43.3 Å². The number of para-hydroxylation sites is 1. The van der Waals surface area contributed by atoms with Crippen LogP contribution >= 0.6 is 0 Å². The third-order valence-electron chi connectivity index (χ3n) is 5.26. The summed E-state index contributed by atoms with van der Waals surface area (Å²) in [6.45, 7) is 3.83. The SMILES string of the molecule is CCCCCC/C=C/CCCCCCCCc1ccccc1OCC1CO1. The summed E-state index contributed by atoms with van der Waals surface area (Å²) in [5.41, 5.74) is 1.35. The van der Waals surface area contributed by atoms with Gasteiger partial charge in [0.2, 0.25) is 0 Å². The first-order chi connectivity index (χ1) is 13.4. The molecule has 0 aliphatic carbocycles. The van der Waals surface area contributed by atoms with Crippen LogP contribution in [0.1, 0.15) is 89.5 Å². The number of rotatable bonds is 17. The van der Waals surface area contributed by atoms with E-state index in [1.807, 2.05) is 0 Å². The molecule has 0 saturated carbocycles. The van der Waals surface area contributed by atoms with Crippen molar-refractivity contribution < 1.29 is 9.47 Å². The average Bonchev–Trinajstić information content (AvgIpc) is 3.52. The minimum Gasteiger partial charge on any atom is -0.491 e. The summed E-state index contributed by atoms with van der Waals surface area (Å²) >= 11 is 0. The van der Waals surface area contributed by atoms with Crippen LogP contribution in [0.25, 0.3) is 0 Å². The van der Waals surface area contributed by atoms with Gasteiger partial charge < -0.3 is 9.47 Å². The highest BCUT2D eigenvalue weighted by atomic mass is 16.6. The van der Waals surface area contributed by atoms with Crippen molar-refractivity contribution in [2.24, 2.45) is 0 Å². The van der Waals surface area contributed by atoms with E-state index in [0.29, 0.717) is 12.7 Å². The molecule has 1 atom stereocenters. The first kappa shape index (κ1) is 22.0. The van der Waals surface area contributed by atoms with Crippen LogP contribution in [0.15, 0.2) is 36.4 Å².